The number of carboxylic acids is 1. The Morgan fingerprint density at radius 3 is 2.36 bits per heavy atom. The van der Waals surface area contributed by atoms with Gasteiger partial charge in [0.15, 0.2) is 0 Å². The van der Waals surface area contributed by atoms with Gasteiger partial charge >= 0.3 is 5.97 Å². The topological polar surface area (TPSA) is 149 Å². The van der Waals surface area contributed by atoms with E-state index in [9.17, 15) is 9.90 Å². The molecule has 0 unspecified atom stereocenters. The number of carbonyl (C=O) groups is 1. The van der Waals surface area contributed by atoms with Gasteiger partial charge in [-0.3, -0.25) is 5.41 Å². The maximum atomic E-state index is 11.3. The minimum Gasteiger partial charge on any atom is -0.478 e. The van der Waals surface area contributed by atoms with Crippen LogP contribution in [0.3, 0.4) is 0 Å². The molecule has 186 valence electrons. The number of carboxylic acid groups (broad SMARTS) is 1. The zero-order valence-corrected chi connectivity index (χ0v) is 20.3. The van der Waals surface area contributed by atoms with Gasteiger partial charge < -0.3 is 27.3 Å². The lowest BCUT2D eigenvalue weighted by atomic mass is 9.91. The molecule has 3 aromatic rings. The molecule has 0 atom stereocenters. The number of rotatable bonds is 9. The van der Waals surface area contributed by atoms with Crippen molar-refractivity contribution in [2.24, 2.45) is 5.73 Å². The van der Waals surface area contributed by atoms with Crippen molar-refractivity contribution in [3.8, 4) is 11.1 Å². The smallest absolute Gasteiger partial charge is 0.335 e. The molecule has 0 saturated heterocycles. The molecular weight excluding hydrogens is 450 g/mol. The molecule has 0 amide bonds. The Labute approximate surface area is 211 Å². The lowest BCUT2D eigenvalue weighted by Crippen LogP contribution is -2.37. The minimum atomic E-state index is -0.998. The summed E-state index contributed by atoms with van der Waals surface area (Å²) >= 11 is 0. The molecule has 1 aliphatic rings. The van der Waals surface area contributed by atoms with Crippen molar-refractivity contribution in [3.63, 3.8) is 0 Å². The highest BCUT2D eigenvalue weighted by atomic mass is 16.4. The van der Waals surface area contributed by atoms with Gasteiger partial charge in [-0.25, -0.2) is 4.79 Å². The van der Waals surface area contributed by atoms with E-state index in [-0.39, 0.29) is 17.0 Å². The molecule has 0 spiro atoms. The van der Waals surface area contributed by atoms with Crippen molar-refractivity contribution < 1.29 is 9.90 Å². The minimum absolute atomic E-state index is 0.0609. The lowest BCUT2D eigenvalue weighted by Gasteiger charge is -2.27. The Balaban J connectivity index is 1.44. The van der Waals surface area contributed by atoms with Crippen LogP contribution in [-0.2, 0) is 13.0 Å². The third kappa shape index (κ3) is 6.24. The van der Waals surface area contributed by atoms with Crippen molar-refractivity contribution in [2.75, 3.05) is 5.73 Å². The van der Waals surface area contributed by atoms with Crippen LogP contribution in [0.1, 0.15) is 52.7 Å². The maximum Gasteiger partial charge on any atom is 0.335 e. The predicted octanol–water partition coefficient (Wildman–Crippen LogP) is 4.62. The van der Waals surface area contributed by atoms with Crippen LogP contribution in [0.25, 0.3) is 11.1 Å². The van der Waals surface area contributed by atoms with E-state index >= 15 is 0 Å². The first kappa shape index (κ1) is 25.3. The highest BCUT2D eigenvalue weighted by Crippen LogP contribution is 2.26. The van der Waals surface area contributed by atoms with Crippen molar-refractivity contribution in [1.29, 1.82) is 10.8 Å². The summed E-state index contributed by atoms with van der Waals surface area (Å²) in [5, 5.41) is 30.2. The SMILES string of the molecule is N=C(Cc1cccc(CNC2CCC(N)CC2)c1)C(=N)c1cc(-c2cccc(C(=O)O)c2)ccc1N. The van der Waals surface area contributed by atoms with Crippen LogP contribution in [0.4, 0.5) is 5.69 Å². The van der Waals surface area contributed by atoms with Gasteiger partial charge in [0.1, 0.15) is 0 Å². The molecule has 0 heterocycles. The number of aromatic carboxylic acids is 1. The van der Waals surface area contributed by atoms with Crippen LogP contribution in [0.15, 0.2) is 66.7 Å². The van der Waals surface area contributed by atoms with Crippen molar-refractivity contribution in [3.05, 3.63) is 89.0 Å². The molecule has 1 aliphatic carbocycles. The van der Waals surface area contributed by atoms with Gasteiger partial charge in [0.25, 0.3) is 0 Å². The van der Waals surface area contributed by atoms with Gasteiger partial charge in [0.2, 0.25) is 0 Å². The highest BCUT2D eigenvalue weighted by molar-refractivity contribution is 6.47. The number of nitrogen functional groups attached to an aromatic ring is 1. The summed E-state index contributed by atoms with van der Waals surface area (Å²) in [5.41, 5.74) is 17.1. The fraction of sp³-hybridized carbons (Fsp3) is 0.276. The Hall–Kier alpha value is -3.81. The Morgan fingerprint density at radius 1 is 0.917 bits per heavy atom. The number of nitrogens with two attached hydrogens (primary N) is 2. The zero-order valence-electron chi connectivity index (χ0n) is 20.3. The van der Waals surface area contributed by atoms with Crippen molar-refractivity contribution in [1.82, 2.24) is 5.32 Å². The van der Waals surface area contributed by atoms with Crippen LogP contribution < -0.4 is 16.8 Å². The first-order chi connectivity index (χ1) is 17.3. The monoisotopic (exact) mass is 483 g/mol. The molecule has 0 bridgehead atoms. The molecule has 0 aliphatic heterocycles. The average Bonchev–Trinajstić information content (AvgIpc) is 2.88. The second kappa shape index (κ2) is 11.3. The number of benzene rings is 3. The van der Waals surface area contributed by atoms with E-state index in [1.54, 1.807) is 30.3 Å². The molecular formula is C29H33N5O2. The highest BCUT2D eigenvalue weighted by Gasteiger charge is 2.18. The van der Waals surface area contributed by atoms with Gasteiger partial charge in [-0.2, -0.15) is 0 Å². The van der Waals surface area contributed by atoms with E-state index in [0.717, 1.165) is 54.5 Å². The molecule has 3 aromatic carbocycles. The fourth-order valence-electron chi connectivity index (χ4n) is 4.67. The number of nitrogens with one attached hydrogen (secondary N) is 3. The largest absolute Gasteiger partial charge is 0.478 e. The molecule has 36 heavy (non-hydrogen) atoms. The van der Waals surface area contributed by atoms with Crippen LogP contribution in [0.5, 0.6) is 0 Å². The van der Waals surface area contributed by atoms with E-state index in [0.29, 0.717) is 29.8 Å². The molecule has 7 heteroatoms. The molecule has 1 fully saturated rings. The third-order valence-corrected chi connectivity index (χ3v) is 6.81. The molecule has 7 nitrogen and oxygen atoms in total. The number of anilines is 1. The summed E-state index contributed by atoms with van der Waals surface area (Å²) in [6.45, 7) is 0.767. The third-order valence-electron chi connectivity index (χ3n) is 6.81. The summed E-state index contributed by atoms with van der Waals surface area (Å²) in [4.78, 5) is 11.3. The first-order valence-corrected chi connectivity index (χ1v) is 12.3. The quantitative estimate of drug-likeness (QED) is 0.194. The molecule has 0 radical (unpaired) electrons. The predicted molar refractivity (Wildman–Crippen MR) is 145 cm³/mol. The second-order valence-corrected chi connectivity index (χ2v) is 9.53. The van der Waals surface area contributed by atoms with Gasteiger partial charge in [-0.15, -0.1) is 0 Å². The normalized spacial score (nSPS) is 17.5. The molecule has 8 N–H and O–H groups in total. The van der Waals surface area contributed by atoms with Crippen LogP contribution >= 0.6 is 0 Å². The zero-order chi connectivity index (χ0) is 25.7. The summed E-state index contributed by atoms with van der Waals surface area (Å²) in [6, 6.07) is 20.8. The maximum absolute atomic E-state index is 11.3. The van der Waals surface area contributed by atoms with E-state index in [1.165, 1.54) is 6.07 Å². The van der Waals surface area contributed by atoms with E-state index in [2.05, 4.69) is 17.4 Å². The van der Waals surface area contributed by atoms with E-state index < -0.39 is 5.97 Å². The molecule has 0 aromatic heterocycles. The molecule has 1 saturated carbocycles. The number of hydrogen-bond acceptors (Lipinski definition) is 6. The summed E-state index contributed by atoms with van der Waals surface area (Å²) < 4.78 is 0. The van der Waals surface area contributed by atoms with Crippen molar-refractivity contribution in [2.45, 2.75) is 50.7 Å². The van der Waals surface area contributed by atoms with Crippen LogP contribution in [0.2, 0.25) is 0 Å². The lowest BCUT2D eigenvalue weighted by molar-refractivity contribution is 0.0697. The number of hydrogen-bond donors (Lipinski definition) is 6. The first-order valence-electron chi connectivity index (χ1n) is 12.3. The van der Waals surface area contributed by atoms with Gasteiger partial charge in [0.05, 0.1) is 17.0 Å². The summed E-state index contributed by atoms with van der Waals surface area (Å²) in [5.74, 6) is -0.998. The van der Waals surface area contributed by atoms with E-state index in [4.69, 9.17) is 22.3 Å². The Morgan fingerprint density at radius 2 is 1.61 bits per heavy atom. The van der Waals surface area contributed by atoms with Crippen LogP contribution in [0, 0.1) is 10.8 Å². The van der Waals surface area contributed by atoms with Gasteiger partial charge in [0, 0.05) is 36.3 Å². The van der Waals surface area contributed by atoms with Gasteiger partial charge in [-0.05, 0) is 72.2 Å². The Bertz CT molecular complexity index is 1280. The fourth-order valence-corrected chi connectivity index (χ4v) is 4.67. The summed E-state index contributed by atoms with van der Waals surface area (Å²) in [6.07, 6.45) is 4.65. The Kier molecular flexibility index (Phi) is 7.93. The second-order valence-electron chi connectivity index (χ2n) is 9.53. The van der Waals surface area contributed by atoms with E-state index in [1.807, 2.05) is 18.2 Å². The molecule has 4 rings (SSSR count). The van der Waals surface area contributed by atoms with Gasteiger partial charge in [-0.1, -0.05) is 42.5 Å². The van der Waals surface area contributed by atoms with Crippen molar-refractivity contribution >= 4 is 23.1 Å². The van der Waals surface area contributed by atoms with Crippen LogP contribution in [-0.4, -0.2) is 34.6 Å². The standard InChI is InChI=1S/C29H33N5O2/c30-23-8-10-24(11-9-23)34-17-19-4-1-3-18(13-19)14-27(32)28(33)25-16-21(7-12-26(25)31)20-5-2-6-22(15-20)29(35)36/h1-7,12-13,15-16,23-24,32-34H,8-11,14,17,30-31H2,(H,35,36). The summed E-state index contributed by atoms with van der Waals surface area (Å²) in [7, 11) is 0. The average molecular weight is 484 g/mol.